The maximum Gasteiger partial charge on any atom is 0.193 e. The standard InChI is InChI=1S/C13H10O.C2H6O2/c14-13(11-7-3-1-4-8-11)12-9-5-2-6-10-12;1-3-4-2/h1-10H;1-2H3. The molecule has 2 rings (SSSR count). The molecule has 0 aliphatic carbocycles. The molecule has 18 heavy (non-hydrogen) atoms. The van der Waals surface area contributed by atoms with Gasteiger partial charge in [0.15, 0.2) is 5.78 Å². The van der Waals surface area contributed by atoms with Crippen molar-refractivity contribution in [3.63, 3.8) is 0 Å². The summed E-state index contributed by atoms with van der Waals surface area (Å²) >= 11 is 0. The molecule has 0 spiro atoms. The van der Waals surface area contributed by atoms with Gasteiger partial charge in [0, 0.05) is 11.1 Å². The van der Waals surface area contributed by atoms with E-state index in [9.17, 15) is 4.79 Å². The second-order valence-electron chi connectivity index (χ2n) is 3.39. The third-order valence-corrected chi connectivity index (χ3v) is 2.24. The highest BCUT2D eigenvalue weighted by atomic mass is 17.2. The highest BCUT2D eigenvalue weighted by Gasteiger charge is 2.06. The zero-order chi connectivity index (χ0) is 13.2. The van der Waals surface area contributed by atoms with E-state index in [1.54, 1.807) is 0 Å². The SMILES string of the molecule is COOC.O=C(c1ccccc1)c1ccccc1. The third-order valence-electron chi connectivity index (χ3n) is 2.24. The monoisotopic (exact) mass is 244 g/mol. The first-order valence-electron chi connectivity index (χ1n) is 5.51. The Hall–Kier alpha value is -1.97. The predicted molar refractivity (Wildman–Crippen MR) is 70.3 cm³/mol. The van der Waals surface area contributed by atoms with Gasteiger partial charge < -0.3 is 0 Å². The molecule has 3 nitrogen and oxygen atoms in total. The van der Waals surface area contributed by atoms with Crippen LogP contribution in [0.15, 0.2) is 60.7 Å². The Morgan fingerprint density at radius 1 is 0.722 bits per heavy atom. The number of carbonyl (C=O) groups is 1. The maximum atomic E-state index is 11.8. The van der Waals surface area contributed by atoms with Crippen LogP contribution in [0.5, 0.6) is 0 Å². The van der Waals surface area contributed by atoms with Gasteiger partial charge in [0.25, 0.3) is 0 Å². The number of hydrogen-bond donors (Lipinski definition) is 0. The summed E-state index contributed by atoms with van der Waals surface area (Å²) < 4.78 is 0. The molecule has 0 aliphatic heterocycles. The molecule has 0 N–H and O–H groups in total. The fraction of sp³-hybridized carbons (Fsp3) is 0.133. The number of carbonyl (C=O) groups excluding carboxylic acids is 1. The predicted octanol–water partition coefficient (Wildman–Crippen LogP) is 3.11. The summed E-state index contributed by atoms with van der Waals surface area (Å²) in [6.45, 7) is 0. The van der Waals surface area contributed by atoms with Gasteiger partial charge in [-0.15, -0.1) is 0 Å². The van der Waals surface area contributed by atoms with Crippen molar-refractivity contribution >= 4 is 5.78 Å². The summed E-state index contributed by atoms with van der Waals surface area (Å²) in [5.41, 5.74) is 1.47. The van der Waals surface area contributed by atoms with E-state index in [-0.39, 0.29) is 5.78 Å². The molecule has 0 atom stereocenters. The summed E-state index contributed by atoms with van der Waals surface area (Å²) in [6.07, 6.45) is 0. The van der Waals surface area contributed by atoms with Crippen molar-refractivity contribution in [2.45, 2.75) is 0 Å². The molecule has 0 bridgehead atoms. The van der Waals surface area contributed by atoms with Crippen molar-refractivity contribution in [2.75, 3.05) is 14.2 Å². The number of hydrogen-bond acceptors (Lipinski definition) is 3. The average molecular weight is 244 g/mol. The van der Waals surface area contributed by atoms with Crippen molar-refractivity contribution in [1.29, 1.82) is 0 Å². The molecular formula is C15H16O3. The Bertz CT molecular complexity index is 408. The molecule has 0 radical (unpaired) electrons. The van der Waals surface area contributed by atoms with Crippen LogP contribution >= 0.6 is 0 Å². The molecule has 0 saturated carbocycles. The number of benzene rings is 2. The van der Waals surface area contributed by atoms with Gasteiger partial charge in [-0.05, 0) is 0 Å². The van der Waals surface area contributed by atoms with Gasteiger partial charge in [-0.2, -0.15) is 0 Å². The van der Waals surface area contributed by atoms with Crippen LogP contribution in [-0.2, 0) is 9.78 Å². The maximum absolute atomic E-state index is 11.8. The van der Waals surface area contributed by atoms with Crippen LogP contribution in [0, 0.1) is 0 Å². The Kier molecular flexibility index (Phi) is 6.40. The van der Waals surface area contributed by atoms with Crippen LogP contribution in [0.1, 0.15) is 15.9 Å². The normalized spacial score (nSPS) is 9.22. The van der Waals surface area contributed by atoms with E-state index in [0.29, 0.717) is 0 Å². The molecule has 2 aromatic rings. The van der Waals surface area contributed by atoms with Crippen molar-refractivity contribution in [3.8, 4) is 0 Å². The third kappa shape index (κ3) is 4.49. The molecular weight excluding hydrogens is 228 g/mol. The smallest absolute Gasteiger partial charge is 0.193 e. The van der Waals surface area contributed by atoms with Gasteiger partial charge >= 0.3 is 0 Å². The average Bonchev–Trinajstić information content (AvgIpc) is 2.48. The van der Waals surface area contributed by atoms with Crippen LogP contribution in [0.2, 0.25) is 0 Å². The second kappa shape index (κ2) is 8.17. The lowest BCUT2D eigenvalue weighted by Crippen LogP contribution is -1.99. The van der Waals surface area contributed by atoms with Gasteiger partial charge in [0.05, 0.1) is 14.2 Å². The molecule has 2 aromatic carbocycles. The molecule has 3 heteroatoms. The lowest BCUT2D eigenvalue weighted by molar-refractivity contribution is -0.248. The van der Waals surface area contributed by atoms with E-state index in [1.165, 1.54) is 14.2 Å². The zero-order valence-corrected chi connectivity index (χ0v) is 10.5. The highest BCUT2D eigenvalue weighted by molar-refractivity contribution is 6.08. The molecule has 0 fully saturated rings. The molecule has 94 valence electrons. The van der Waals surface area contributed by atoms with Gasteiger partial charge in [-0.1, -0.05) is 60.7 Å². The van der Waals surface area contributed by atoms with Crippen LogP contribution in [-0.4, -0.2) is 20.0 Å². The van der Waals surface area contributed by atoms with E-state index in [1.807, 2.05) is 60.7 Å². The molecule has 0 aliphatic rings. The van der Waals surface area contributed by atoms with Crippen molar-refractivity contribution < 1.29 is 14.6 Å². The van der Waals surface area contributed by atoms with Crippen LogP contribution < -0.4 is 0 Å². The number of ketones is 1. The van der Waals surface area contributed by atoms with Gasteiger partial charge in [0.2, 0.25) is 0 Å². The van der Waals surface area contributed by atoms with Gasteiger partial charge in [-0.25, -0.2) is 9.78 Å². The summed E-state index contributed by atoms with van der Waals surface area (Å²) in [5.74, 6) is 0.0752. The molecule has 0 aromatic heterocycles. The second-order valence-corrected chi connectivity index (χ2v) is 3.39. The number of rotatable bonds is 3. The summed E-state index contributed by atoms with van der Waals surface area (Å²) in [6, 6.07) is 18.6. The van der Waals surface area contributed by atoms with Crippen molar-refractivity contribution in [2.24, 2.45) is 0 Å². The lowest BCUT2D eigenvalue weighted by Gasteiger charge is -1.99. The Balaban J connectivity index is 0.000000357. The van der Waals surface area contributed by atoms with Crippen molar-refractivity contribution in [1.82, 2.24) is 0 Å². The molecule has 0 amide bonds. The van der Waals surface area contributed by atoms with E-state index >= 15 is 0 Å². The first kappa shape index (κ1) is 14.1. The molecule has 0 saturated heterocycles. The molecule has 0 unspecified atom stereocenters. The fourth-order valence-corrected chi connectivity index (χ4v) is 1.35. The Labute approximate surface area is 107 Å². The van der Waals surface area contributed by atoms with Crippen LogP contribution in [0.3, 0.4) is 0 Å². The Morgan fingerprint density at radius 3 is 1.33 bits per heavy atom. The van der Waals surface area contributed by atoms with Gasteiger partial charge in [-0.3, -0.25) is 4.79 Å². The topological polar surface area (TPSA) is 35.5 Å². The summed E-state index contributed by atoms with van der Waals surface area (Å²) in [4.78, 5) is 19.9. The van der Waals surface area contributed by atoms with E-state index in [4.69, 9.17) is 0 Å². The zero-order valence-electron chi connectivity index (χ0n) is 10.5. The van der Waals surface area contributed by atoms with Crippen LogP contribution in [0.4, 0.5) is 0 Å². The van der Waals surface area contributed by atoms with E-state index in [2.05, 4.69) is 9.78 Å². The minimum absolute atomic E-state index is 0.0752. The molecule has 0 heterocycles. The first-order valence-corrected chi connectivity index (χ1v) is 5.51. The summed E-state index contributed by atoms with van der Waals surface area (Å²) in [7, 11) is 2.92. The minimum Gasteiger partial charge on any atom is -0.289 e. The highest BCUT2D eigenvalue weighted by Crippen LogP contribution is 2.08. The van der Waals surface area contributed by atoms with Gasteiger partial charge in [0.1, 0.15) is 0 Å². The van der Waals surface area contributed by atoms with Crippen LogP contribution in [0.25, 0.3) is 0 Å². The minimum atomic E-state index is 0.0752. The lowest BCUT2D eigenvalue weighted by atomic mass is 10.0. The Morgan fingerprint density at radius 2 is 1.06 bits per heavy atom. The van der Waals surface area contributed by atoms with Crippen molar-refractivity contribution in [3.05, 3.63) is 71.8 Å². The largest absolute Gasteiger partial charge is 0.289 e. The first-order chi connectivity index (χ1) is 8.79. The van der Waals surface area contributed by atoms with E-state index < -0.39 is 0 Å². The fourth-order valence-electron chi connectivity index (χ4n) is 1.35. The summed E-state index contributed by atoms with van der Waals surface area (Å²) in [5, 5.41) is 0. The van der Waals surface area contributed by atoms with E-state index in [0.717, 1.165) is 11.1 Å². The quantitative estimate of drug-likeness (QED) is 0.473.